The first kappa shape index (κ1) is 13.0. The summed E-state index contributed by atoms with van der Waals surface area (Å²) >= 11 is 3.29. The van der Waals surface area contributed by atoms with Crippen molar-refractivity contribution in [1.82, 2.24) is 5.32 Å². The van der Waals surface area contributed by atoms with Crippen LogP contribution in [-0.4, -0.2) is 23.7 Å². The molecule has 4 N–H and O–H groups in total. The van der Waals surface area contributed by atoms with Crippen LogP contribution < -0.4 is 11.1 Å². The summed E-state index contributed by atoms with van der Waals surface area (Å²) in [6.07, 6.45) is 0. The van der Waals surface area contributed by atoms with Gasteiger partial charge in [-0.15, -0.1) is 0 Å². The van der Waals surface area contributed by atoms with E-state index in [9.17, 15) is 4.79 Å². The normalized spacial score (nSPS) is 12.2. The third kappa shape index (κ3) is 2.96. The molecule has 1 atom stereocenters. The molecule has 1 aromatic rings. The number of aliphatic hydroxyl groups excluding tert-OH is 1. The summed E-state index contributed by atoms with van der Waals surface area (Å²) < 4.78 is 0.761. The number of benzene rings is 1. The lowest BCUT2D eigenvalue weighted by atomic mass is 10.1. The van der Waals surface area contributed by atoms with Gasteiger partial charge >= 0.3 is 0 Å². The van der Waals surface area contributed by atoms with Crippen molar-refractivity contribution in [3.05, 3.63) is 27.7 Å². The van der Waals surface area contributed by atoms with E-state index in [0.29, 0.717) is 11.3 Å². The van der Waals surface area contributed by atoms with E-state index in [1.807, 2.05) is 0 Å². The van der Waals surface area contributed by atoms with Crippen molar-refractivity contribution in [3.63, 3.8) is 0 Å². The molecular weight excluding hydrogens is 272 g/mol. The van der Waals surface area contributed by atoms with Crippen molar-refractivity contribution in [1.29, 1.82) is 0 Å². The Morgan fingerprint density at radius 1 is 1.62 bits per heavy atom. The molecule has 4 nitrogen and oxygen atoms in total. The van der Waals surface area contributed by atoms with Crippen molar-refractivity contribution in [2.24, 2.45) is 0 Å². The predicted molar refractivity (Wildman–Crippen MR) is 67.3 cm³/mol. The molecule has 0 aliphatic carbocycles. The summed E-state index contributed by atoms with van der Waals surface area (Å²) in [5.74, 6) is -0.230. The maximum atomic E-state index is 11.8. The van der Waals surface area contributed by atoms with E-state index < -0.39 is 0 Å². The quantitative estimate of drug-likeness (QED) is 0.736. The van der Waals surface area contributed by atoms with Crippen molar-refractivity contribution in [2.75, 3.05) is 12.3 Å². The molecule has 0 heterocycles. The van der Waals surface area contributed by atoms with Crippen molar-refractivity contribution in [3.8, 4) is 0 Å². The topological polar surface area (TPSA) is 75.4 Å². The fraction of sp³-hybridized carbons (Fsp3) is 0.364. The van der Waals surface area contributed by atoms with Crippen LogP contribution in [0.1, 0.15) is 22.8 Å². The van der Waals surface area contributed by atoms with Gasteiger partial charge in [-0.1, -0.05) is 15.9 Å². The number of aliphatic hydroxyl groups is 1. The zero-order chi connectivity index (χ0) is 12.3. The molecule has 0 aliphatic rings. The molecular formula is C11H15BrN2O2. The minimum Gasteiger partial charge on any atom is -0.398 e. The lowest BCUT2D eigenvalue weighted by Crippen LogP contribution is -2.35. The highest BCUT2D eigenvalue weighted by atomic mass is 79.9. The minimum atomic E-state index is -0.271. The Hall–Kier alpha value is -1.07. The Bertz CT molecular complexity index is 407. The third-order valence-corrected chi connectivity index (χ3v) is 2.77. The molecule has 0 aromatic heterocycles. The number of amides is 1. The summed E-state index contributed by atoms with van der Waals surface area (Å²) in [4.78, 5) is 11.8. The van der Waals surface area contributed by atoms with Gasteiger partial charge in [0.05, 0.1) is 6.61 Å². The van der Waals surface area contributed by atoms with Gasteiger partial charge < -0.3 is 16.2 Å². The van der Waals surface area contributed by atoms with Crippen LogP contribution in [0.5, 0.6) is 0 Å². The number of hydrogen-bond acceptors (Lipinski definition) is 3. The third-order valence-electron chi connectivity index (χ3n) is 2.31. The van der Waals surface area contributed by atoms with Crippen molar-refractivity contribution in [2.45, 2.75) is 19.9 Å². The number of hydrogen-bond donors (Lipinski definition) is 3. The Morgan fingerprint density at radius 2 is 2.25 bits per heavy atom. The molecule has 88 valence electrons. The monoisotopic (exact) mass is 286 g/mol. The van der Waals surface area contributed by atoms with Crippen molar-refractivity contribution < 1.29 is 9.90 Å². The number of carbonyl (C=O) groups excluding carboxylic acids is 1. The molecule has 16 heavy (non-hydrogen) atoms. The first-order valence-electron chi connectivity index (χ1n) is 4.93. The maximum Gasteiger partial charge on any atom is 0.251 e. The number of nitrogen functional groups attached to an aromatic ring is 1. The molecule has 0 saturated heterocycles. The second-order valence-electron chi connectivity index (χ2n) is 3.72. The number of rotatable bonds is 3. The lowest BCUT2D eigenvalue weighted by Gasteiger charge is -2.13. The predicted octanol–water partition coefficient (Wildman–Crippen LogP) is 1.45. The van der Waals surface area contributed by atoms with Gasteiger partial charge in [-0.05, 0) is 31.5 Å². The Labute approximate surface area is 103 Å². The average molecular weight is 287 g/mol. The smallest absolute Gasteiger partial charge is 0.251 e. The standard InChI is InChI=1S/C11H15BrN2O2/c1-6(5-15)14-11(16)9-3-8(12)4-10(13)7(9)2/h3-4,6,15H,5,13H2,1-2H3,(H,14,16)/t6-/m1/s1. The molecule has 1 amide bonds. The van der Waals surface area contributed by atoms with E-state index >= 15 is 0 Å². The highest BCUT2D eigenvalue weighted by Crippen LogP contribution is 2.22. The highest BCUT2D eigenvalue weighted by Gasteiger charge is 2.13. The first-order valence-corrected chi connectivity index (χ1v) is 5.72. The summed E-state index contributed by atoms with van der Waals surface area (Å²) in [5.41, 5.74) is 7.59. The summed E-state index contributed by atoms with van der Waals surface area (Å²) in [6, 6.07) is 3.19. The van der Waals surface area contributed by atoms with E-state index in [1.54, 1.807) is 26.0 Å². The Balaban J connectivity index is 2.99. The van der Waals surface area contributed by atoms with Crippen LogP contribution in [0.2, 0.25) is 0 Å². The zero-order valence-electron chi connectivity index (χ0n) is 9.25. The van der Waals surface area contributed by atoms with E-state index in [1.165, 1.54) is 0 Å². The summed E-state index contributed by atoms with van der Waals surface area (Å²) in [5, 5.41) is 11.5. The van der Waals surface area contributed by atoms with Crippen molar-refractivity contribution >= 4 is 27.5 Å². The van der Waals surface area contributed by atoms with E-state index in [2.05, 4.69) is 21.2 Å². The van der Waals surface area contributed by atoms with Crippen LogP contribution in [0.3, 0.4) is 0 Å². The van der Waals surface area contributed by atoms with Gasteiger partial charge in [0, 0.05) is 21.8 Å². The molecule has 0 radical (unpaired) electrons. The molecule has 0 unspecified atom stereocenters. The lowest BCUT2D eigenvalue weighted by molar-refractivity contribution is 0.0921. The Morgan fingerprint density at radius 3 is 2.81 bits per heavy atom. The maximum absolute atomic E-state index is 11.8. The van der Waals surface area contributed by atoms with Gasteiger partial charge in [-0.25, -0.2) is 0 Å². The van der Waals surface area contributed by atoms with Gasteiger partial charge in [-0.2, -0.15) is 0 Å². The average Bonchev–Trinajstić information content (AvgIpc) is 2.22. The molecule has 1 rings (SSSR count). The highest BCUT2D eigenvalue weighted by molar-refractivity contribution is 9.10. The minimum absolute atomic E-state index is 0.0890. The number of carbonyl (C=O) groups is 1. The van der Waals surface area contributed by atoms with Gasteiger partial charge in [0.1, 0.15) is 0 Å². The molecule has 0 saturated carbocycles. The van der Waals surface area contributed by atoms with E-state index in [0.717, 1.165) is 10.0 Å². The van der Waals surface area contributed by atoms with Crippen LogP contribution in [0.4, 0.5) is 5.69 Å². The van der Waals surface area contributed by atoms with Gasteiger partial charge in [-0.3, -0.25) is 4.79 Å². The molecule has 0 fully saturated rings. The molecule has 0 aliphatic heterocycles. The van der Waals surface area contributed by atoms with Crippen LogP contribution in [0.15, 0.2) is 16.6 Å². The number of halogens is 1. The van der Waals surface area contributed by atoms with E-state index in [-0.39, 0.29) is 18.6 Å². The SMILES string of the molecule is Cc1c(N)cc(Br)cc1C(=O)N[C@H](C)CO. The first-order chi connectivity index (χ1) is 7.45. The fourth-order valence-corrected chi connectivity index (χ4v) is 1.76. The van der Waals surface area contributed by atoms with Crippen LogP contribution in [-0.2, 0) is 0 Å². The van der Waals surface area contributed by atoms with Gasteiger partial charge in [0.2, 0.25) is 0 Å². The van der Waals surface area contributed by atoms with Gasteiger partial charge in [0.15, 0.2) is 0 Å². The van der Waals surface area contributed by atoms with Crippen LogP contribution in [0.25, 0.3) is 0 Å². The second kappa shape index (κ2) is 5.32. The number of anilines is 1. The summed E-state index contributed by atoms with van der Waals surface area (Å²) in [6.45, 7) is 3.43. The van der Waals surface area contributed by atoms with Crippen LogP contribution >= 0.6 is 15.9 Å². The number of nitrogens with one attached hydrogen (secondary N) is 1. The van der Waals surface area contributed by atoms with Gasteiger partial charge in [0.25, 0.3) is 5.91 Å². The molecule has 0 bridgehead atoms. The summed E-state index contributed by atoms with van der Waals surface area (Å²) in [7, 11) is 0. The molecule has 5 heteroatoms. The number of nitrogens with two attached hydrogens (primary N) is 1. The zero-order valence-corrected chi connectivity index (χ0v) is 10.8. The van der Waals surface area contributed by atoms with Crippen LogP contribution in [0, 0.1) is 6.92 Å². The fourth-order valence-electron chi connectivity index (χ4n) is 1.28. The second-order valence-corrected chi connectivity index (χ2v) is 4.64. The molecule has 0 spiro atoms. The molecule has 1 aromatic carbocycles. The Kier molecular flexibility index (Phi) is 4.32. The largest absolute Gasteiger partial charge is 0.398 e. The van der Waals surface area contributed by atoms with E-state index in [4.69, 9.17) is 10.8 Å².